The standard InChI is InChI=1S/C13H17BrN4/c1-4-18-12(16-8-17-18)7-15-11-5-9(2)13(14)10(3)6-11/h5-6,8,15H,4,7H2,1-3H3. The van der Waals surface area contributed by atoms with Crippen LogP contribution in [0, 0.1) is 13.8 Å². The normalized spacial score (nSPS) is 10.7. The van der Waals surface area contributed by atoms with Crippen LogP contribution >= 0.6 is 15.9 Å². The molecule has 0 amide bonds. The van der Waals surface area contributed by atoms with Gasteiger partial charge in [-0.15, -0.1) is 0 Å². The molecule has 1 aromatic heterocycles. The maximum absolute atomic E-state index is 4.24. The fourth-order valence-corrected chi connectivity index (χ4v) is 2.15. The summed E-state index contributed by atoms with van der Waals surface area (Å²) in [5.74, 6) is 0.954. The minimum atomic E-state index is 0.689. The van der Waals surface area contributed by atoms with E-state index in [1.807, 2.05) is 4.68 Å². The van der Waals surface area contributed by atoms with Crippen LogP contribution in [-0.2, 0) is 13.1 Å². The Morgan fingerprint density at radius 1 is 1.28 bits per heavy atom. The quantitative estimate of drug-likeness (QED) is 0.942. The Balaban J connectivity index is 2.11. The molecule has 1 aromatic carbocycles. The topological polar surface area (TPSA) is 42.7 Å². The monoisotopic (exact) mass is 308 g/mol. The van der Waals surface area contributed by atoms with E-state index in [0.29, 0.717) is 6.54 Å². The molecule has 0 fully saturated rings. The summed E-state index contributed by atoms with van der Waals surface area (Å²) in [6.07, 6.45) is 1.60. The number of anilines is 1. The highest BCUT2D eigenvalue weighted by Crippen LogP contribution is 2.25. The fraction of sp³-hybridized carbons (Fsp3) is 0.385. The lowest BCUT2D eigenvalue weighted by atomic mass is 10.1. The second kappa shape index (κ2) is 5.52. The lowest BCUT2D eigenvalue weighted by Crippen LogP contribution is -2.09. The van der Waals surface area contributed by atoms with Crippen molar-refractivity contribution in [1.29, 1.82) is 0 Å². The van der Waals surface area contributed by atoms with Crippen LogP contribution < -0.4 is 5.32 Å². The van der Waals surface area contributed by atoms with Crippen molar-refractivity contribution < 1.29 is 0 Å². The number of hydrogen-bond donors (Lipinski definition) is 1. The Hall–Kier alpha value is -1.36. The number of benzene rings is 1. The van der Waals surface area contributed by atoms with Crippen molar-refractivity contribution in [3.8, 4) is 0 Å². The Labute approximate surface area is 116 Å². The van der Waals surface area contributed by atoms with E-state index >= 15 is 0 Å². The third-order valence-electron chi connectivity index (χ3n) is 2.88. The number of nitrogens with zero attached hydrogens (tertiary/aromatic N) is 3. The second-order valence-corrected chi connectivity index (χ2v) is 5.06. The van der Waals surface area contributed by atoms with Gasteiger partial charge in [-0.1, -0.05) is 15.9 Å². The number of nitrogens with one attached hydrogen (secondary N) is 1. The summed E-state index contributed by atoms with van der Waals surface area (Å²) >= 11 is 3.57. The van der Waals surface area contributed by atoms with E-state index in [1.54, 1.807) is 6.33 Å². The Morgan fingerprint density at radius 2 is 1.94 bits per heavy atom. The Bertz CT molecular complexity index is 525. The van der Waals surface area contributed by atoms with Crippen LogP contribution in [0.25, 0.3) is 0 Å². The predicted octanol–water partition coefficient (Wildman–Crippen LogP) is 3.29. The molecular formula is C13H17BrN4. The molecule has 0 atom stereocenters. The molecule has 5 heteroatoms. The average molecular weight is 309 g/mol. The highest BCUT2D eigenvalue weighted by atomic mass is 79.9. The van der Waals surface area contributed by atoms with E-state index in [-0.39, 0.29) is 0 Å². The molecule has 0 unspecified atom stereocenters. The van der Waals surface area contributed by atoms with Gasteiger partial charge in [0.05, 0.1) is 6.54 Å². The van der Waals surface area contributed by atoms with Crippen LogP contribution in [0.4, 0.5) is 5.69 Å². The van der Waals surface area contributed by atoms with E-state index in [1.165, 1.54) is 15.6 Å². The van der Waals surface area contributed by atoms with E-state index in [2.05, 4.69) is 64.2 Å². The van der Waals surface area contributed by atoms with Crippen molar-refractivity contribution >= 4 is 21.6 Å². The maximum Gasteiger partial charge on any atom is 0.146 e. The summed E-state index contributed by atoms with van der Waals surface area (Å²) < 4.78 is 3.07. The average Bonchev–Trinajstić information content (AvgIpc) is 2.80. The van der Waals surface area contributed by atoms with Crippen molar-refractivity contribution in [1.82, 2.24) is 14.8 Å². The van der Waals surface area contributed by atoms with Gasteiger partial charge in [0.15, 0.2) is 0 Å². The lowest BCUT2D eigenvalue weighted by Gasteiger charge is -2.10. The van der Waals surface area contributed by atoms with Gasteiger partial charge in [0.2, 0.25) is 0 Å². The first-order chi connectivity index (χ1) is 8.61. The van der Waals surface area contributed by atoms with Crippen LogP contribution in [0.2, 0.25) is 0 Å². The molecule has 0 aliphatic heterocycles. The minimum absolute atomic E-state index is 0.689. The highest BCUT2D eigenvalue weighted by molar-refractivity contribution is 9.10. The number of rotatable bonds is 4. The largest absolute Gasteiger partial charge is 0.378 e. The van der Waals surface area contributed by atoms with Crippen molar-refractivity contribution in [3.63, 3.8) is 0 Å². The molecule has 0 aliphatic carbocycles. The van der Waals surface area contributed by atoms with E-state index in [0.717, 1.165) is 18.1 Å². The highest BCUT2D eigenvalue weighted by Gasteiger charge is 2.05. The van der Waals surface area contributed by atoms with Crippen LogP contribution in [0.5, 0.6) is 0 Å². The molecule has 0 saturated heterocycles. The summed E-state index contributed by atoms with van der Waals surface area (Å²) in [6.45, 7) is 7.78. The molecule has 2 aromatic rings. The number of hydrogen-bond acceptors (Lipinski definition) is 3. The summed E-state index contributed by atoms with van der Waals surface area (Å²) in [5, 5.41) is 7.54. The zero-order valence-corrected chi connectivity index (χ0v) is 12.5. The van der Waals surface area contributed by atoms with E-state index in [9.17, 15) is 0 Å². The smallest absolute Gasteiger partial charge is 0.146 e. The maximum atomic E-state index is 4.24. The van der Waals surface area contributed by atoms with Crippen LogP contribution in [-0.4, -0.2) is 14.8 Å². The van der Waals surface area contributed by atoms with Crippen molar-refractivity contribution in [2.75, 3.05) is 5.32 Å². The molecule has 2 rings (SSSR count). The van der Waals surface area contributed by atoms with Crippen molar-refractivity contribution in [2.45, 2.75) is 33.9 Å². The third-order valence-corrected chi connectivity index (χ3v) is 4.13. The van der Waals surface area contributed by atoms with Gasteiger partial charge in [-0.3, -0.25) is 0 Å². The van der Waals surface area contributed by atoms with Gasteiger partial charge in [-0.05, 0) is 44.0 Å². The summed E-state index contributed by atoms with van der Waals surface area (Å²) in [7, 11) is 0. The van der Waals surface area contributed by atoms with Crippen LogP contribution in [0.3, 0.4) is 0 Å². The number of aromatic nitrogens is 3. The van der Waals surface area contributed by atoms with Gasteiger partial charge < -0.3 is 5.32 Å². The molecule has 0 bridgehead atoms. The minimum Gasteiger partial charge on any atom is -0.378 e. The van der Waals surface area contributed by atoms with Gasteiger partial charge in [0.1, 0.15) is 12.2 Å². The van der Waals surface area contributed by atoms with Crippen LogP contribution in [0.15, 0.2) is 22.9 Å². The molecule has 0 spiro atoms. The van der Waals surface area contributed by atoms with Crippen molar-refractivity contribution in [3.05, 3.63) is 39.9 Å². The Morgan fingerprint density at radius 3 is 2.56 bits per heavy atom. The zero-order valence-electron chi connectivity index (χ0n) is 10.9. The molecule has 4 nitrogen and oxygen atoms in total. The molecule has 1 heterocycles. The first kappa shape index (κ1) is 13.1. The summed E-state index contributed by atoms with van der Waals surface area (Å²) in [6, 6.07) is 4.26. The Kier molecular flexibility index (Phi) is 4.01. The molecular weight excluding hydrogens is 292 g/mol. The van der Waals surface area contributed by atoms with Crippen molar-refractivity contribution in [2.24, 2.45) is 0 Å². The molecule has 1 N–H and O–H groups in total. The third kappa shape index (κ3) is 2.72. The van der Waals surface area contributed by atoms with Crippen LogP contribution in [0.1, 0.15) is 23.9 Å². The van der Waals surface area contributed by atoms with Gasteiger partial charge in [0.25, 0.3) is 0 Å². The SMILES string of the molecule is CCn1ncnc1CNc1cc(C)c(Br)c(C)c1. The molecule has 0 saturated carbocycles. The van der Waals surface area contributed by atoms with Gasteiger partial charge >= 0.3 is 0 Å². The predicted molar refractivity (Wildman–Crippen MR) is 76.6 cm³/mol. The molecule has 18 heavy (non-hydrogen) atoms. The van der Waals surface area contributed by atoms with Gasteiger partial charge in [-0.2, -0.15) is 5.10 Å². The summed E-state index contributed by atoms with van der Waals surface area (Å²) in [5.41, 5.74) is 3.57. The van der Waals surface area contributed by atoms with E-state index < -0.39 is 0 Å². The zero-order chi connectivity index (χ0) is 13.1. The molecule has 0 radical (unpaired) electrons. The molecule has 96 valence electrons. The second-order valence-electron chi connectivity index (χ2n) is 4.27. The first-order valence-corrected chi connectivity index (χ1v) is 6.78. The lowest BCUT2D eigenvalue weighted by molar-refractivity contribution is 0.622. The summed E-state index contributed by atoms with van der Waals surface area (Å²) in [4.78, 5) is 4.24. The number of aryl methyl sites for hydroxylation is 3. The fourth-order valence-electron chi connectivity index (χ4n) is 1.92. The van der Waals surface area contributed by atoms with Gasteiger partial charge in [-0.25, -0.2) is 9.67 Å². The molecule has 0 aliphatic rings. The van der Waals surface area contributed by atoms with Gasteiger partial charge in [0, 0.05) is 16.7 Å². The first-order valence-electron chi connectivity index (χ1n) is 5.99. The number of halogens is 1. The van der Waals surface area contributed by atoms with E-state index in [4.69, 9.17) is 0 Å².